The number of hydrogen-bond acceptors (Lipinski definition) is 4. The zero-order chi connectivity index (χ0) is 19.9. The fourth-order valence-electron chi connectivity index (χ4n) is 2.44. The maximum absolute atomic E-state index is 12.1. The van der Waals surface area contributed by atoms with Gasteiger partial charge in [-0.2, -0.15) is 5.26 Å². The van der Waals surface area contributed by atoms with Crippen LogP contribution < -0.4 is 14.8 Å². The van der Waals surface area contributed by atoms with Crippen molar-refractivity contribution >= 4 is 5.91 Å². The van der Waals surface area contributed by atoms with Gasteiger partial charge in [-0.05, 0) is 42.2 Å². The molecule has 2 aromatic rings. The van der Waals surface area contributed by atoms with Gasteiger partial charge in [0.2, 0.25) is 0 Å². The Morgan fingerprint density at radius 1 is 1.15 bits per heavy atom. The first-order valence-corrected chi connectivity index (χ1v) is 8.98. The Labute approximate surface area is 160 Å². The summed E-state index contributed by atoms with van der Waals surface area (Å²) in [7, 11) is 0. The third-order valence-corrected chi connectivity index (χ3v) is 4.07. The van der Waals surface area contributed by atoms with Crippen LogP contribution in [0.25, 0.3) is 0 Å². The number of nitriles is 1. The van der Waals surface area contributed by atoms with Crippen LogP contribution in [0.4, 0.5) is 0 Å². The van der Waals surface area contributed by atoms with Crippen LogP contribution in [0.5, 0.6) is 11.5 Å². The first-order valence-electron chi connectivity index (χ1n) is 8.98. The quantitative estimate of drug-likeness (QED) is 0.756. The lowest BCUT2D eigenvalue weighted by Crippen LogP contribution is -2.38. The number of para-hydroxylation sites is 1. The number of benzene rings is 2. The fourth-order valence-corrected chi connectivity index (χ4v) is 2.44. The summed E-state index contributed by atoms with van der Waals surface area (Å²) >= 11 is 0. The highest BCUT2D eigenvalue weighted by Crippen LogP contribution is 2.24. The third kappa shape index (κ3) is 6.03. The van der Waals surface area contributed by atoms with E-state index in [9.17, 15) is 4.79 Å². The lowest BCUT2D eigenvalue weighted by molar-refractivity contribution is -0.127. The van der Waals surface area contributed by atoms with Crippen LogP contribution in [0.3, 0.4) is 0 Å². The van der Waals surface area contributed by atoms with Crippen molar-refractivity contribution in [2.75, 3.05) is 13.2 Å². The molecule has 27 heavy (non-hydrogen) atoms. The van der Waals surface area contributed by atoms with Gasteiger partial charge in [-0.25, -0.2) is 0 Å². The van der Waals surface area contributed by atoms with Crippen molar-refractivity contribution in [1.82, 2.24) is 5.32 Å². The molecule has 1 N–H and O–H groups in total. The Bertz CT molecular complexity index is 802. The molecule has 1 unspecified atom stereocenters. The highest BCUT2D eigenvalue weighted by Gasteiger charge is 2.16. The van der Waals surface area contributed by atoms with Crippen molar-refractivity contribution in [3.05, 3.63) is 59.7 Å². The maximum Gasteiger partial charge on any atom is 0.260 e. The van der Waals surface area contributed by atoms with Crippen molar-refractivity contribution in [1.29, 1.82) is 5.26 Å². The number of nitrogens with one attached hydrogen (secondary N) is 1. The molecule has 0 heterocycles. The molecule has 0 aliphatic carbocycles. The van der Waals surface area contributed by atoms with Gasteiger partial charge in [0, 0.05) is 0 Å². The third-order valence-electron chi connectivity index (χ3n) is 4.07. The average molecular weight is 366 g/mol. The molecule has 0 radical (unpaired) electrons. The van der Waals surface area contributed by atoms with Crippen LogP contribution in [-0.2, 0) is 10.2 Å². The molecule has 0 saturated heterocycles. The Morgan fingerprint density at radius 2 is 1.81 bits per heavy atom. The molecule has 0 aromatic heterocycles. The molecule has 0 aliphatic heterocycles. The average Bonchev–Trinajstić information content (AvgIpc) is 2.65. The predicted molar refractivity (Wildman–Crippen MR) is 105 cm³/mol. The van der Waals surface area contributed by atoms with Crippen LogP contribution in [0.15, 0.2) is 48.5 Å². The van der Waals surface area contributed by atoms with Gasteiger partial charge in [0.15, 0.2) is 6.10 Å². The molecular formula is C22H26N2O3. The largest absolute Gasteiger partial charge is 0.492 e. The minimum Gasteiger partial charge on any atom is -0.492 e. The SMILES string of the molecule is CC(Oc1ccccc1C#N)C(=O)NCCOc1ccc(C(C)(C)C)cc1. The second kappa shape index (κ2) is 9.09. The molecule has 2 rings (SSSR count). The smallest absolute Gasteiger partial charge is 0.260 e. The van der Waals surface area contributed by atoms with E-state index < -0.39 is 6.10 Å². The van der Waals surface area contributed by atoms with Crippen molar-refractivity contribution in [3.63, 3.8) is 0 Å². The molecule has 0 bridgehead atoms. The maximum atomic E-state index is 12.1. The van der Waals surface area contributed by atoms with E-state index in [-0.39, 0.29) is 11.3 Å². The number of hydrogen-bond donors (Lipinski definition) is 1. The van der Waals surface area contributed by atoms with E-state index in [4.69, 9.17) is 14.7 Å². The number of rotatable bonds is 7. The summed E-state index contributed by atoms with van der Waals surface area (Å²) in [5, 5.41) is 11.8. The predicted octanol–water partition coefficient (Wildman–Crippen LogP) is 3.82. The zero-order valence-corrected chi connectivity index (χ0v) is 16.3. The normalized spacial score (nSPS) is 12.0. The molecule has 5 nitrogen and oxygen atoms in total. The molecule has 142 valence electrons. The lowest BCUT2D eigenvalue weighted by Gasteiger charge is -2.19. The summed E-state index contributed by atoms with van der Waals surface area (Å²) in [6.07, 6.45) is -0.703. The molecule has 0 fully saturated rings. The molecule has 2 aromatic carbocycles. The van der Waals surface area contributed by atoms with Gasteiger partial charge in [0.05, 0.1) is 12.1 Å². The van der Waals surface area contributed by atoms with Crippen molar-refractivity contribution in [3.8, 4) is 17.6 Å². The van der Waals surface area contributed by atoms with Crippen LogP contribution in [0.1, 0.15) is 38.8 Å². The lowest BCUT2D eigenvalue weighted by atomic mass is 9.87. The Kier molecular flexibility index (Phi) is 6.84. The molecule has 5 heteroatoms. The number of carbonyl (C=O) groups is 1. The topological polar surface area (TPSA) is 71.3 Å². The highest BCUT2D eigenvalue weighted by atomic mass is 16.5. The monoisotopic (exact) mass is 366 g/mol. The van der Waals surface area contributed by atoms with Crippen LogP contribution in [0, 0.1) is 11.3 Å². The summed E-state index contributed by atoms with van der Waals surface area (Å²) in [5.41, 5.74) is 1.75. The van der Waals surface area contributed by atoms with Crippen molar-refractivity contribution in [2.24, 2.45) is 0 Å². The second-order valence-corrected chi connectivity index (χ2v) is 7.28. The van der Waals surface area contributed by atoms with Gasteiger partial charge >= 0.3 is 0 Å². The van der Waals surface area contributed by atoms with Gasteiger partial charge in [-0.1, -0.05) is 45.0 Å². The van der Waals surface area contributed by atoms with Crippen LogP contribution in [0.2, 0.25) is 0 Å². The Balaban J connectivity index is 1.76. The van der Waals surface area contributed by atoms with Crippen molar-refractivity contribution < 1.29 is 14.3 Å². The second-order valence-electron chi connectivity index (χ2n) is 7.28. The molecule has 1 atom stereocenters. The summed E-state index contributed by atoms with van der Waals surface area (Å²) in [4.78, 5) is 12.1. The minimum absolute atomic E-state index is 0.104. The molecule has 1 amide bonds. The number of ether oxygens (including phenoxy) is 2. The highest BCUT2D eigenvalue weighted by molar-refractivity contribution is 5.80. The van der Waals surface area contributed by atoms with Gasteiger partial charge in [0.1, 0.15) is 24.2 Å². The minimum atomic E-state index is -0.703. The van der Waals surface area contributed by atoms with E-state index in [1.165, 1.54) is 5.56 Å². The Morgan fingerprint density at radius 3 is 2.44 bits per heavy atom. The van der Waals surface area contributed by atoms with Crippen molar-refractivity contribution in [2.45, 2.75) is 39.2 Å². The molecule has 0 saturated carbocycles. The summed E-state index contributed by atoms with van der Waals surface area (Å²) in [6.45, 7) is 8.87. The van der Waals surface area contributed by atoms with E-state index >= 15 is 0 Å². The number of carbonyl (C=O) groups excluding carboxylic acids is 1. The molecule has 0 aliphatic rings. The fraction of sp³-hybridized carbons (Fsp3) is 0.364. The van der Waals surface area contributed by atoms with E-state index in [2.05, 4.69) is 38.2 Å². The standard InChI is InChI=1S/C22H26N2O3/c1-16(27-20-8-6-5-7-17(20)15-23)21(25)24-13-14-26-19-11-9-18(10-12-19)22(2,3)4/h5-12,16H,13-14H2,1-4H3,(H,24,25). The number of amides is 1. The van der Waals surface area contributed by atoms with Gasteiger partial charge in [0.25, 0.3) is 5.91 Å². The van der Waals surface area contributed by atoms with E-state index in [1.54, 1.807) is 31.2 Å². The first-order chi connectivity index (χ1) is 12.8. The molecule has 0 spiro atoms. The van der Waals surface area contributed by atoms with E-state index in [1.807, 2.05) is 18.2 Å². The summed E-state index contributed by atoms with van der Waals surface area (Å²) in [5.74, 6) is 0.914. The van der Waals surface area contributed by atoms with Gasteiger partial charge in [-0.15, -0.1) is 0 Å². The summed E-state index contributed by atoms with van der Waals surface area (Å²) < 4.78 is 11.2. The van der Waals surface area contributed by atoms with Gasteiger partial charge < -0.3 is 14.8 Å². The summed E-state index contributed by atoms with van der Waals surface area (Å²) in [6, 6.07) is 16.9. The van der Waals surface area contributed by atoms with Crippen LogP contribution >= 0.6 is 0 Å². The van der Waals surface area contributed by atoms with E-state index in [0.717, 1.165) is 5.75 Å². The van der Waals surface area contributed by atoms with E-state index in [0.29, 0.717) is 24.5 Å². The van der Waals surface area contributed by atoms with Crippen LogP contribution in [-0.4, -0.2) is 25.2 Å². The zero-order valence-electron chi connectivity index (χ0n) is 16.3. The van der Waals surface area contributed by atoms with Gasteiger partial charge in [-0.3, -0.25) is 4.79 Å². The molecular weight excluding hydrogens is 340 g/mol. The Hall–Kier alpha value is -3.00. The first kappa shape index (κ1) is 20.3. The number of nitrogens with zero attached hydrogens (tertiary/aromatic N) is 1.